The largest absolute Gasteiger partial charge is 0.493 e. The molecular weight excluding hydrogens is 450 g/mol. The molecular formula is C21H33N5O8. The van der Waals surface area contributed by atoms with Gasteiger partial charge in [0, 0.05) is 30.0 Å². The van der Waals surface area contributed by atoms with Gasteiger partial charge in [-0.3, -0.25) is 14.9 Å². The van der Waals surface area contributed by atoms with E-state index in [1.54, 1.807) is 6.07 Å². The number of benzene rings is 1. The number of rotatable bonds is 20. The number of amides is 1. The molecule has 0 aliphatic carbocycles. The van der Waals surface area contributed by atoms with Crippen molar-refractivity contribution in [1.29, 1.82) is 0 Å². The van der Waals surface area contributed by atoms with Gasteiger partial charge in [-0.2, -0.15) is 0 Å². The van der Waals surface area contributed by atoms with Gasteiger partial charge >= 0.3 is 0 Å². The maximum Gasteiger partial charge on any atom is 0.276 e. The Balaban J connectivity index is 2.11. The molecule has 0 heterocycles. The first-order chi connectivity index (χ1) is 16.5. The fraction of sp³-hybridized carbons (Fsp3) is 0.667. The minimum Gasteiger partial charge on any atom is -0.493 e. The molecule has 1 rings (SSSR count). The van der Waals surface area contributed by atoms with Crippen LogP contribution in [0.1, 0.15) is 25.3 Å². The summed E-state index contributed by atoms with van der Waals surface area (Å²) in [7, 11) is 1.47. The third kappa shape index (κ3) is 12.2. The van der Waals surface area contributed by atoms with Crippen molar-refractivity contribution in [2.45, 2.75) is 26.2 Å². The van der Waals surface area contributed by atoms with Crippen molar-refractivity contribution in [1.82, 2.24) is 5.32 Å². The Bertz CT molecular complexity index is 802. The van der Waals surface area contributed by atoms with Gasteiger partial charge in [0.2, 0.25) is 5.91 Å². The highest BCUT2D eigenvalue weighted by Gasteiger charge is 2.18. The molecule has 1 N–H and O–H groups in total. The lowest BCUT2D eigenvalue weighted by Crippen LogP contribution is -2.27. The summed E-state index contributed by atoms with van der Waals surface area (Å²) in [6, 6.07) is 2.96. The first-order valence-corrected chi connectivity index (χ1v) is 11.0. The standard InChI is InChI=1S/C21H33N5O8/c1-3-17-15-19(30-2)20(16-18(17)26(28)29)34-8-4-5-21(27)23-6-9-31-11-13-33-14-12-32-10-7-24-25-22/h15-16H,3-14H2,1-2H3,(H,23,27). The lowest BCUT2D eigenvalue weighted by atomic mass is 10.1. The van der Waals surface area contributed by atoms with E-state index in [2.05, 4.69) is 15.3 Å². The summed E-state index contributed by atoms with van der Waals surface area (Å²) in [5.41, 5.74) is 8.66. The molecule has 34 heavy (non-hydrogen) atoms. The number of methoxy groups -OCH3 is 1. The maximum atomic E-state index is 11.9. The number of hydrogen-bond donors (Lipinski definition) is 1. The van der Waals surface area contributed by atoms with E-state index in [0.29, 0.717) is 76.9 Å². The van der Waals surface area contributed by atoms with Crippen LogP contribution in [0.15, 0.2) is 17.2 Å². The normalized spacial score (nSPS) is 10.4. The fourth-order valence-electron chi connectivity index (χ4n) is 2.77. The van der Waals surface area contributed by atoms with E-state index in [-0.39, 0.29) is 30.4 Å². The van der Waals surface area contributed by atoms with Crippen molar-refractivity contribution < 1.29 is 33.4 Å². The Hall–Kier alpha value is -3.12. The number of carbonyl (C=O) groups is 1. The molecule has 190 valence electrons. The first kappa shape index (κ1) is 28.9. The van der Waals surface area contributed by atoms with Crippen LogP contribution in [0.4, 0.5) is 5.69 Å². The number of aryl methyl sites for hydroxylation is 1. The molecule has 0 saturated heterocycles. The van der Waals surface area contributed by atoms with Gasteiger partial charge in [-0.25, -0.2) is 0 Å². The topological polar surface area (TPSA) is 167 Å². The van der Waals surface area contributed by atoms with Crippen LogP contribution < -0.4 is 14.8 Å². The summed E-state index contributed by atoms with van der Waals surface area (Å²) in [6.07, 6.45) is 1.19. The van der Waals surface area contributed by atoms with E-state index in [1.807, 2.05) is 6.92 Å². The average molecular weight is 484 g/mol. The molecule has 0 aromatic heterocycles. The third-order valence-electron chi connectivity index (χ3n) is 4.46. The molecule has 0 saturated carbocycles. The van der Waals surface area contributed by atoms with Crippen molar-refractivity contribution in [2.75, 3.05) is 66.4 Å². The van der Waals surface area contributed by atoms with Gasteiger partial charge in [-0.05, 0) is 24.4 Å². The number of nitro benzene ring substituents is 1. The number of nitro groups is 1. The Morgan fingerprint density at radius 2 is 1.76 bits per heavy atom. The predicted molar refractivity (Wildman–Crippen MR) is 123 cm³/mol. The average Bonchev–Trinajstić information content (AvgIpc) is 2.84. The molecule has 13 heteroatoms. The second-order valence-corrected chi connectivity index (χ2v) is 6.84. The Morgan fingerprint density at radius 3 is 2.38 bits per heavy atom. The van der Waals surface area contributed by atoms with E-state index in [9.17, 15) is 14.9 Å². The van der Waals surface area contributed by atoms with Gasteiger partial charge in [-0.15, -0.1) is 0 Å². The molecule has 0 radical (unpaired) electrons. The van der Waals surface area contributed by atoms with Crippen molar-refractivity contribution >= 4 is 11.6 Å². The SMILES string of the molecule is CCc1cc(OC)c(OCCCC(=O)NCCOCCOCCOCCN=[N+]=[N-])cc1[N+](=O)[O-]. The number of ether oxygens (including phenoxy) is 5. The number of nitrogens with one attached hydrogen (secondary N) is 1. The molecule has 0 spiro atoms. The van der Waals surface area contributed by atoms with Gasteiger partial charge in [-0.1, -0.05) is 12.0 Å². The van der Waals surface area contributed by atoms with E-state index < -0.39 is 4.92 Å². The van der Waals surface area contributed by atoms with Crippen molar-refractivity contribution in [2.24, 2.45) is 5.11 Å². The fourth-order valence-corrected chi connectivity index (χ4v) is 2.77. The van der Waals surface area contributed by atoms with Crippen LogP contribution in [0, 0.1) is 10.1 Å². The molecule has 0 aliphatic rings. The molecule has 1 aromatic rings. The summed E-state index contributed by atoms with van der Waals surface area (Å²) >= 11 is 0. The molecule has 0 aliphatic heterocycles. The molecule has 1 amide bonds. The zero-order valence-corrected chi connectivity index (χ0v) is 19.7. The Morgan fingerprint density at radius 1 is 1.09 bits per heavy atom. The molecule has 1 aromatic carbocycles. The van der Waals surface area contributed by atoms with Gasteiger partial charge in [0.1, 0.15) is 0 Å². The van der Waals surface area contributed by atoms with Gasteiger partial charge in [0.15, 0.2) is 11.5 Å². The highest BCUT2D eigenvalue weighted by Crippen LogP contribution is 2.35. The van der Waals surface area contributed by atoms with E-state index >= 15 is 0 Å². The molecule has 0 bridgehead atoms. The second-order valence-electron chi connectivity index (χ2n) is 6.84. The third-order valence-corrected chi connectivity index (χ3v) is 4.46. The zero-order valence-electron chi connectivity index (χ0n) is 19.7. The zero-order chi connectivity index (χ0) is 25.0. The minimum absolute atomic E-state index is 0.0167. The summed E-state index contributed by atoms with van der Waals surface area (Å²) in [6.45, 7) is 5.07. The molecule has 0 unspecified atom stereocenters. The number of azide groups is 1. The van der Waals surface area contributed by atoms with Crippen LogP contribution in [-0.2, 0) is 25.4 Å². The summed E-state index contributed by atoms with van der Waals surface area (Å²) < 4.78 is 26.8. The molecule has 0 atom stereocenters. The van der Waals surface area contributed by atoms with Crippen LogP contribution in [0.5, 0.6) is 11.5 Å². The predicted octanol–water partition coefficient (Wildman–Crippen LogP) is 2.80. The van der Waals surface area contributed by atoms with Crippen LogP contribution >= 0.6 is 0 Å². The van der Waals surface area contributed by atoms with Crippen LogP contribution in [0.25, 0.3) is 10.4 Å². The van der Waals surface area contributed by atoms with E-state index in [0.717, 1.165) is 0 Å². The van der Waals surface area contributed by atoms with Gasteiger partial charge in [0.05, 0.1) is 64.3 Å². The second kappa shape index (κ2) is 18.3. The van der Waals surface area contributed by atoms with E-state index in [1.165, 1.54) is 13.2 Å². The summed E-state index contributed by atoms with van der Waals surface area (Å²) in [5.74, 6) is 0.564. The minimum atomic E-state index is -0.447. The number of carbonyl (C=O) groups excluding carboxylic acids is 1. The smallest absolute Gasteiger partial charge is 0.276 e. The first-order valence-electron chi connectivity index (χ1n) is 11.0. The number of hydrogen-bond acceptors (Lipinski definition) is 9. The van der Waals surface area contributed by atoms with Crippen LogP contribution in [-0.4, -0.2) is 77.3 Å². The van der Waals surface area contributed by atoms with Crippen LogP contribution in [0.2, 0.25) is 0 Å². The monoisotopic (exact) mass is 483 g/mol. The molecule has 0 fully saturated rings. The highest BCUT2D eigenvalue weighted by molar-refractivity contribution is 5.75. The lowest BCUT2D eigenvalue weighted by molar-refractivity contribution is -0.385. The Labute approximate surface area is 198 Å². The number of nitrogens with zero attached hydrogens (tertiary/aromatic N) is 4. The van der Waals surface area contributed by atoms with Crippen molar-refractivity contribution in [3.8, 4) is 11.5 Å². The summed E-state index contributed by atoms with van der Waals surface area (Å²) in [5, 5.41) is 17.3. The maximum absolute atomic E-state index is 11.9. The van der Waals surface area contributed by atoms with Gasteiger partial charge in [0.25, 0.3) is 5.69 Å². The highest BCUT2D eigenvalue weighted by atomic mass is 16.6. The lowest BCUT2D eigenvalue weighted by Gasteiger charge is -2.12. The van der Waals surface area contributed by atoms with Crippen molar-refractivity contribution in [3.63, 3.8) is 0 Å². The van der Waals surface area contributed by atoms with Crippen LogP contribution in [0.3, 0.4) is 0 Å². The molecule has 13 nitrogen and oxygen atoms in total. The van der Waals surface area contributed by atoms with Crippen molar-refractivity contribution in [3.05, 3.63) is 38.3 Å². The quantitative estimate of drug-likeness (QED) is 0.0737. The summed E-state index contributed by atoms with van der Waals surface area (Å²) in [4.78, 5) is 25.3. The van der Waals surface area contributed by atoms with E-state index in [4.69, 9.17) is 29.2 Å². The Kier molecular flexibility index (Phi) is 15.6. The van der Waals surface area contributed by atoms with Gasteiger partial charge < -0.3 is 29.0 Å².